The van der Waals surface area contributed by atoms with E-state index in [-0.39, 0.29) is 44.9 Å². The summed E-state index contributed by atoms with van der Waals surface area (Å²) in [7, 11) is 0. The molecule has 0 saturated heterocycles. The highest BCUT2D eigenvalue weighted by Gasteiger charge is 2.33. The Kier molecular flexibility index (Phi) is 14.2. The first-order valence-electron chi connectivity index (χ1n) is 22.6. The molecule has 0 aliphatic carbocycles. The molecule has 16 nitrogen and oxygen atoms in total. The van der Waals surface area contributed by atoms with Gasteiger partial charge in [-0.2, -0.15) is 10.2 Å². The zero-order chi connectivity index (χ0) is 51.9. The number of aryl methyl sites for hydroxylation is 4. The fourth-order valence-corrected chi connectivity index (χ4v) is 8.45. The Labute approximate surface area is 405 Å². The maximum atomic E-state index is 13.4. The smallest absolute Gasteiger partial charge is 0.265 e. The van der Waals surface area contributed by atoms with Crippen LogP contribution in [0.5, 0.6) is 34.5 Å². The van der Waals surface area contributed by atoms with Crippen LogP contribution in [0.2, 0.25) is 0 Å². The average molecular weight is 953 g/mol. The Hall–Kier alpha value is -8.14. The fraction of sp³-hybridized carbons (Fsp3) is 0.296. The Morgan fingerprint density at radius 2 is 0.814 bits per heavy atom. The molecule has 0 aromatic heterocycles. The molecule has 70 heavy (non-hydrogen) atoms. The summed E-state index contributed by atoms with van der Waals surface area (Å²) in [6, 6.07) is 16.9. The predicted octanol–water partition coefficient (Wildman–Crippen LogP) is 8.69. The molecule has 6 aromatic rings. The predicted molar refractivity (Wildman–Crippen MR) is 271 cm³/mol. The van der Waals surface area contributed by atoms with Crippen LogP contribution in [0, 0.1) is 27.7 Å². The normalized spacial score (nSPS) is 12.1. The van der Waals surface area contributed by atoms with Crippen LogP contribution in [0.15, 0.2) is 70.9 Å². The molecular formula is C54H60N6O10. The summed E-state index contributed by atoms with van der Waals surface area (Å²) in [4.78, 5) is 52.9. The standard InChI is InChI=1S/C54H60N6O10/c1-25(2)37-33-21-29(7)39(45(63)41(33)35(43(61)47(37)65)23-55-59-51(69)53(9,10)57-49(67)31-17-13-27(5)14-18-31)40-30(8)22-34-38(26(3)4)48(66)44(62)36(42(34)46(40)64)24-56-60-52(70)54(11,12)58-50(68)32-19-15-28(6)16-20-32/h13-26,61-66H,1-12H3,(H,57,67)(H,58,68)(H,59,69)(H,60,70). The molecule has 16 heteroatoms. The number of nitrogens with one attached hydrogen (secondary N) is 4. The molecule has 0 aliphatic rings. The number of amides is 4. The Morgan fingerprint density at radius 1 is 0.500 bits per heavy atom. The molecule has 0 bridgehead atoms. The van der Waals surface area contributed by atoms with Gasteiger partial charge in [0.2, 0.25) is 0 Å². The number of carbonyl (C=O) groups excluding carboxylic acids is 4. The summed E-state index contributed by atoms with van der Waals surface area (Å²) in [6.07, 6.45) is 2.11. The molecule has 0 aliphatic heterocycles. The monoisotopic (exact) mass is 952 g/mol. The summed E-state index contributed by atoms with van der Waals surface area (Å²) in [5.41, 5.74) is 5.60. The molecule has 0 radical (unpaired) electrons. The van der Waals surface area contributed by atoms with Crippen LogP contribution in [0.1, 0.15) is 132 Å². The van der Waals surface area contributed by atoms with E-state index in [0.29, 0.717) is 44.2 Å². The molecule has 366 valence electrons. The zero-order valence-electron chi connectivity index (χ0n) is 41.3. The van der Waals surface area contributed by atoms with Crippen molar-refractivity contribution in [1.82, 2.24) is 21.5 Å². The summed E-state index contributed by atoms with van der Waals surface area (Å²) >= 11 is 0. The van der Waals surface area contributed by atoms with E-state index in [9.17, 15) is 49.8 Å². The minimum Gasteiger partial charge on any atom is -0.507 e. The Morgan fingerprint density at radius 3 is 1.11 bits per heavy atom. The molecule has 10 N–H and O–H groups in total. The summed E-state index contributed by atoms with van der Waals surface area (Å²) < 4.78 is 0. The summed E-state index contributed by atoms with van der Waals surface area (Å²) in [6.45, 7) is 20.2. The van der Waals surface area contributed by atoms with Crippen molar-refractivity contribution in [2.75, 3.05) is 0 Å². The fourth-order valence-electron chi connectivity index (χ4n) is 8.45. The van der Waals surface area contributed by atoms with Gasteiger partial charge in [0.15, 0.2) is 23.0 Å². The van der Waals surface area contributed by atoms with Crippen molar-refractivity contribution in [3.63, 3.8) is 0 Å². The first kappa shape index (κ1) is 51.3. The molecule has 6 rings (SSSR count). The van der Waals surface area contributed by atoms with Crippen LogP contribution in [-0.2, 0) is 9.59 Å². The molecule has 4 amide bonds. The lowest BCUT2D eigenvalue weighted by atomic mass is 9.83. The third-order valence-corrected chi connectivity index (χ3v) is 12.3. The average Bonchev–Trinajstić information content (AvgIpc) is 3.27. The molecule has 0 heterocycles. The molecule has 0 fully saturated rings. The topological polar surface area (TPSA) is 262 Å². The van der Waals surface area contributed by atoms with Crippen molar-refractivity contribution in [2.24, 2.45) is 10.2 Å². The number of fused-ring (bicyclic) bond motifs is 2. The van der Waals surface area contributed by atoms with E-state index >= 15 is 0 Å². The lowest BCUT2D eigenvalue weighted by Gasteiger charge is -2.24. The number of aromatic hydroxyl groups is 6. The van der Waals surface area contributed by atoms with Crippen molar-refractivity contribution < 1.29 is 49.8 Å². The maximum Gasteiger partial charge on any atom is 0.265 e. The highest BCUT2D eigenvalue weighted by atomic mass is 16.3. The lowest BCUT2D eigenvalue weighted by molar-refractivity contribution is -0.126. The molecule has 6 aromatic carbocycles. The number of hydrogen-bond acceptors (Lipinski definition) is 12. The molecule has 0 saturated carbocycles. The van der Waals surface area contributed by atoms with E-state index in [1.54, 1.807) is 102 Å². The second-order valence-electron chi connectivity index (χ2n) is 19.3. The van der Waals surface area contributed by atoms with Crippen molar-refractivity contribution in [1.29, 1.82) is 0 Å². The molecule has 0 atom stereocenters. The van der Waals surface area contributed by atoms with E-state index in [4.69, 9.17) is 0 Å². The van der Waals surface area contributed by atoms with Crippen LogP contribution in [0.4, 0.5) is 0 Å². The maximum absolute atomic E-state index is 13.4. The van der Waals surface area contributed by atoms with E-state index in [1.807, 2.05) is 13.8 Å². The van der Waals surface area contributed by atoms with Gasteiger partial charge in [-0.3, -0.25) is 19.2 Å². The first-order chi connectivity index (χ1) is 32.7. The third kappa shape index (κ3) is 9.75. The van der Waals surface area contributed by atoms with Gasteiger partial charge in [0, 0.05) is 44.2 Å². The minimum absolute atomic E-state index is 0.00133. The molecular weight excluding hydrogens is 893 g/mol. The van der Waals surface area contributed by atoms with Gasteiger partial charge < -0.3 is 41.3 Å². The summed E-state index contributed by atoms with van der Waals surface area (Å²) in [5, 5.41) is 85.2. The van der Waals surface area contributed by atoms with Crippen LogP contribution in [0.25, 0.3) is 32.7 Å². The van der Waals surface area contributed by atoms with Crippen molar-refractivity contribution in [3.05, 3.63) is 116 Å². The van der Waals surface area contributed by atoms with Crippen LogP contribution < -0.4 is 21.5 Å². The van der Waals surface area contributed by atoms with Gasteiger partial charge in [-0.25, -0.2) is 10.9 Å². The van der Waals surface area contributed by atoms with Gasteiger partial charge in [-0.05, 0) is 113 Å². The van der Waals surface area contributed by atoms with Gasteiger partial charge in [0.1, 0.15) is 22.6 Å². The van der Waals surface area contributed by atoms with Crippen LogP contribution in [0.3, 0.4) is 0 Å². The highest BCUT2D eigenvalue weighted by molar-refractivity contribution is 6.15. The van der Waals surface area contributed by atoms with Gasteiger partial charge in [0.25, 0.3) is 23.6 Å². The van der Waals surface area contributed by atoms with Gasteiger partial charge in [0.05, 0.1) is 23.6 Å². The van der Waals surface area contributed by atoms with Crippen molar-refractivity contribution >= 4 is 57.6 Å². The second kappa shape index (κ2) is 19.5. The largest absolute Gasteiger partial charge is 0.507 e. The van der Waals surface area contributed by atoms with Gasteiger partial charge in [-0.15, -0.1) is 0 Å². The SMILES string of the molecule is Cc1ccc(C(=O)NC(C)(C)C(=O)NN=Cc2c(O)c(O)c(C(C)C)c3cc(C)c(-c4c(C)cc5c(C(C)C)c(O)c(O)c(C=NNC(=O)C(C)(C)NC(=O)c6ccc(C)cc6)c5c4O)c(O)c23)cc1. The number of carbonyl (C=O) groups is 4. The second-order valence-corrected chi connectivity index (χ2v) is 19.3. The number of benzene rings is 6. The number of phenols is 6. The van der Waals surface area contributed by atoms with E-state index in [1.165, 1.54) is 27.7 Å². The number of nitrogens with zero attached hydrogens (tertiary/aromatic N) is 2. The minimum atomic E-state index is -1.48. The van der Waals surface area contributed by atoms with Gasteiger partial charge >= 0.3 is 0 Å². The number of rotatable bonds is 13. The van der Waals surface area contributed by atoms with Crippen molar-refractivity contribution in [2.45, 2.75) is 106 Å². The Balaban J connectivity index is 1.47. The van der Waals surface area contributed by atoms with Crippen LogP contribution >= 0.6 is 0 Å². The quantitative estimate of drug-likeness (QED) is 0.0299. The molecule has 0 unspecified atom stereocenters. The summed E-state index contributed by atoms with van der Waals surface area (Å²) in [5.74, 6) is -6.42. The van der Waals surface area contributed by atoms with E-state index in [2.05, 4.69) is 31.7 Å². The third-order valence-electron chi connectivity index (χ3n) is 12.3. The number of hydrazone groups is 2. The van der Waals surface area contributed by atoms with Crippen molar-refractivity contribution in [3.8, 4) is 45.6 Å². The number of phenolic OH excluding ortho intramolecular Hbond substituents is 6. The van der Waals surface area contributed by atoms with Gasteiger partial charge in [-0.1, -0.05) is 75.2 Å². The molecule has 0 spiro atoms. The Bertz CT molecular complexity index is 2960. The number of hydrogen-bond donors (Lipinski definition) is 10. The van der Waals surface area contributed by atoms with E-state index in [0.717, 1.165) is 23.6 Å². The zero-order valence-corrected chi connectivity index (χ0v) is 41.3. The highest BCUT2D eigenvalue weighted by Crippen LogP contribution is 2.54. The van der Waals surface area contributed by atoms with Crippen LogP contribution in [-0.4, -0.2) is 77.8 Å². The lowest BCUT2D eigenvalue weighted by Crippen LogP contribution is -2.53. The van der Waals surface area contributed by atoms with E-state index < -0.39 is 69.2 Å². The first-order valence-corrected chi connectivity index (χ1v) is 22.6.